The Balaban J connectivity index is 2.42. The molecule has 0 spiro atoms. The summed E-state index contributed by atoms with van der Waals surface area (Å²) in [5.74, 6) is 0. The standard InChI is InChI=1S/C13H24N2/c1-3-4-8-12(2)15(11-14)13-9-6-5-7-10-13/h12-13H,3-10H2,1-2H3. The molecule has 0 bridgehead atoms. The number of nitrogens with zero attached hydrogens (tertiary/aromatic N) is 2. The average Bonchev–Trinajstić information content (AvgIpc) is 2.29. The summed E-state index contributed by atoms with van der Waals surface area (Å²) in [5, 5.41) is 9.22. The molecule has 2 nitrogen and oxygen atoms in total. The van der Waals surface area contributed by atoms with Crippen LogP contribution in [0.3, 0.4) is 0 Å². The fraction of sp³-hybridized carbons (Fsp3) is 0.923. The molecule has 0 aromatic heterocycles. The van der Waals surface area contributed by atoms with Crippen LogP contribution in [0.2, 0.25) is 0 Å². The Morgan fingerprint density at radius 1 is 1.33 bits per heavy atom. The second-order valence-electron chi connectivity index (χ2n) is 4.79. The van der Waals surface area contributed by atoms with Crippen LogP contribution in [0, 0.1) is 11.5 Å². The van der Waals surface area contributed by atoms with Crippen molar-refractivity contribution in [3.63, 3.8) is 0 Å². The first-order chi connectivity index (χ1) is 7.29. The third-order valence-corrected chi connectivity index (χ3v) is 3.53. The van der Waals surface area contributed by atoms with Gasteiger partial charge in [-0.1, -0.05) is 39.0 Å². The van der Waals surface area contributed by atoms with Gasteiger partial charge < -0.3 is 4.90 Å². The van der Waals surface area contributed by atoms with Gasteiger partial charge in [0.15, 0.2) is 6.19 Å². The van der Waals surface area contributed by atoms with Gasteiger partial charge in [0.2, 0.25) is 0 Å². The van der Waals surface area contributed by atoms with Crippen LogP contribution >= 0.6 is 0 Å². The van der Waals surface area contributed by atoms with Crippen LogP contribution in [-0.2, 0) is 0 Å². The average molecular weight is 208 g/mol. The zero-order valence-corrected chi connectivity index (χ0v) is 10.2. The number of hydrogen-bond acceptors (Lipinski definition) is 2. The minimum atomic E-state index is 0.443. The smallest absolute Gasteiger partial charge is 0.179 e. The van der Waals surface area contributed by atoms with Crippen LogP contribution in [0.1, 0.15) is 65.2 Å². The maximum Gasteiger partial charge on any atom is 0.179 e. The Morgan fingerprint density at radius 3 is 2.53 bits per heavy atom. The predicted octanol–water partition coefficient (Wildman–Crippen LogP) is 3.68. The van der Waals surface area contributed by atoms with E-state index in [0.29, 0.717) is 12.1 Å². The molecule has 1 atom stereocenters. The summed E-state index contributed by atoms with van der Waals surface area (Å²) in [7, 11) is 0. The van der Waals surface area contributed by atoms with Crippen molar-refractivity contribution in [3.8, 4) is 6.19 Å². The maximum atomic E-state index is 9.22. The van der Waals surface area contributed by atoms with E-state index >= 15 is 0 Å². The first kappa shape index (κ1) is 12.4. The van der Waals surface area contributed by atoms with Crippen LogP contribution in [0.4, 0.5) is 0 Å². The van der Waals surface area contributed by atoms with Crippen LogP contribution in [-0.4, -0.2) is 17.0 Å². The minimum absolute atomic E-state index is 0.443. The van der Waals surface area contributed by atoms with Gasteiger partial charge >= 0.3 is 0 Å². The fourth-order valence-corrected chi connectivity index (χ4v) is 2.54. The van der Waals surface area contributed by atoms with Crippen molar-refractivity contribution in [2.45, 2.75) is 77.3 Å². The summed E-state index contributed by atoms with van der Waals surface area (Å²) in [6.45, 7) is 4.41. The molecule has 86 valence electrons. The Kier molecular flexibility index (Phi) is 5.53. The van der Waals surface area contributed by atoms with E-state index in [1.807, 2.05) is 0 Å². The quantitative estimate of drug-likeness (QED) is 0.509. The van der Waals surface area contributed by atoms with E-state index in [1.165, 1.54) is 51.4 Å². The van der Waals surface area contributed by atoms with Gasteiger partial charge in [-0.15, -0.1) is 0 Å². The molecule has 0 aromatic carbocycles. The molecule has 1 aliphatic carbocycles. The largest absolute Gasteiger partial charge is 0.305 e. The van der Waals surface area contributed by atoms with E-state index in [9.17, 15) is 5.26 Å². The Labute approximate surface area is 94.3 Å². The number of nitriles is 1. The number of hydrogen-bond donors (Lipinski definition) is 0. The highest BCUT2D eigenvalue weighted by Crippen LogP contribution is 2.24. The van der Waals surface area contributed by atoms with E-state index in [1.54, 1.807) is 0 Å². The van der Waals surface area contributed by atoms with Crippen molar-refractivity contribution in [2.24, 2.45) is 0 Å². The Hall–Kier alpha value is -0.710. The van der Waals surface area contributed by atoms with E-state index in [4.69, 9.17) is 0 Å². The highest BCUT2D eigenvalue weighted by atomic mass is 15.2. The molecule has 0 heterocycles. The van der Waals surface area contributed by atoms with Gasteiger partial charge in [0.1, 0.15) is 0 Å². The second kappa shape index (κ2) is 6.71. The Morgan fingerprint density at radius 2 is 2.00 bits per heavy atom. The molecule has 0 aromatic rings. The van der Waals surface area contributed by atoms with Gasteiger partial charge in [-0.2, -0.15) is 5.26 Å². The fourth-order valence-electron chi connectivity index (χ4n) is 2.54. The van der Waals surface area contributed by atoms with Crippen LogP contribution in [0.5, 0.6) is 0 Å². The first-order valence-electron chi connectivity index (χ1n) is 6.47. The van der Waals surface area contributed by atoms with Crippen LogP contribution in [0.15, 0.2) is 0 Å². The number of unbranched alkanes of at least 4 members (excludes halogenated alkanes) is 1. The van der Waals surface area contributed by atoms with Gasteiger partial charge in [-0.3, -0.25) is 0 Å². The summed E-state index contributed by atoms with van der Waals surface area (Å²) in [6.07, 6.45) is 12.5. The van der Waals surface area contributed by atoms with E-state index < -0.39 is 0 Å². The molecular weight excluding hydrogens is 184 g/mol. The molecule has 2 heteroatoms. The van der Waals surface area contributed by atoms with Gasteiger partial charge in [-0.25, -0.2) is 0 Å². The van der Waals surface area contributed by atoms with Crippen molar-refractivity contribution >= 4 is 0 Å². The van der Waals surface area contributed by atoms with E-state index in [2.05, 4.69) is 24.9 Å². The van der Waals surface area contributed by atoms with Crippen molar-refractivity contribution in [2.75, 3.05) is 0 Å². The molecule has 1 saturated carbocycles. The maximum absolute atomic E-state index is 9.22. The molecule has 1 fully saturated rings. The van der Waals surface area contributed by atoms with Gasteiger partial charge in [0, 0.05) is 12.1 Å². The monoisotopic (exact) mass is 208 g/mol. The van der Waals surface area contributed by atoms with Crippen LogP contribution in [0.25, 0.3) is 0 Å². The molecule has 1 rings (SSSR count). The molecule has 0 amide bonds. The minimum Gasteiger partial charge on any atom is -0.305 e. The first-order valence-corrected chi connectivity index (χ1v) is 6.47. The zero-order chi connectivity index (χ0) is 11.1. The lowest BCUT2D eigenvalue weighted by atomic mass is 9.93. The summed E-state index contributed by atoms with van der Waals surface area (Å²) < 4.78 is 0. The van der Waals surface area contributed by atoms with Gasteiger partial charge in [0.25, 0.3) is 0 Å². The summed E-state index contributed by atoms with van der Waals surface area (Å²) in [5.41, 5.74) is 0. The lowest BCUT2D eigenvalue weighted by Crippen LogP contribution is -2.39. The lowest BCUT2D eigenvalue weighted by Gasteiger charge is -2.34. The third-order valence-electron chi connectivity index (χ3n) is 3.53. The third kappa shape index (κ3) is 3.74. The summed E-state index contributed by atoms with van der Waals surface area (Å²) in [4.78, 5) is 2.06. The van der Waals surface area contributed by atoms with Gasteiger partial charge in [-0.05, 0) is 26.2 Å². The van der Waals surface area contributed by atoms with Crippen molar-refractivity contribution < 1.29 is 0 Å². The van der Waals surface area contributed by atoms with E-state index in [-0.39, 0.29) is 0 Å². The highest BCUT2D eigenvalue weighted by Gasteiger charge is 2.23. The second-order valence-corrected chi connectivity index (χ2v) is 4.79. The molecule has 0 saturated heterocycles. The number of rotatable bonds is 5. The normalized spacial score (nSPS) is 19.5. The van der Waals surface area contributed by atoms with Gasteiger partial charge in [0.05, 0.1) is 0 Å². The lowest BCUT2D eigenvalue weighted by molar-refractivity contribution is 0.174. The Bertz CT molecular complexity index is 201. The summed E-state index contributed by atoms with van der Waals surface area (Å²) in [6, 6.07) is 0.980. The molecule has 1 unspecified atom stereocenters. The van der Waals surface area contributed by atoms with Crippen molar-refractivity contribution in [1.29, 1.82) is 5.26 Å². The molecule has 15 heavy (non-hydrogen) atoms. The zero-order valence-electron chi connectivity index (χ0n) is 10.2. The molecule has 0 aliphatic heterocycles. The highest BCUT2D eigenvalue weighted by molar-refractivity contribution is 4.88. The predicted molar refractivity (Wildman–Crippen MR) is 63.3 cm³/mol. The SMILES string of the molecule is CCCCC(C)N(C#N)C1CCCCC1. The van der Waals surface area contributed by atoms with Crippen LogP contribution < -0.4 is 0 Å². The van der Waals surface area contributed by atoms with E-state index in [0.717, 1.165) is 0 Å². The molecule has 0 N–H and O–H groups in total. The van der Waals surface area contributed by atoms with Crippen molar-refractivity contribution in [3.05, 3.63) is 0 Å². The van der Waals surface area contributed by atoms with Crippen molar-refractivity contribution in [1.82, 2.24) is 4.90 Å². The molecular formula is C13H24N2. The summed E-state index contributed by atoms with van der Waals surface area (Å²) >= 11 is 0. The molecule has 0 radical (unpaired) electrons. The molecule has 1 aliphatic rings. The topological polar surface area (TPSA) is 27.0 Å².